The number of aromatic nitrogens is 2. The largest absolute Gasteiger partial charge is 0.496 e. The van der Waals surface area contributed by atoms with Crippen molar-refractivity contribution in [2.24, 2.45) is 0 Å². The van der Waals surface area contributed by atoms with E-state index in [4.69, 9.17) is 16.3 Å². The van der Waals surface area contributed by atoms with E-state index in [1.54, 1.807) is 12.0 Å². The van der Waals surface area contributed by atoms with Crippen molar-refractivity contribution in [3.8, 4) is 16.3 Å². The standard InChI is InChI=1S/C22H26ClN3O2S/c1-5-6-11-26(21(27)17-9-7-8-10-18(17)23)22-25-24-20(29-22)16-12-14(2)19(28-4)15(3)13-16/h9-10,12-13H,5-8,11H2,1-4H3. The fraction of sp³-hybridized carbons (Fsp3) is 0.409. The number of halogens is 1. The molecule has 1 aliphatic rings. The molecule has 0 radical (unpaired) electrons. The third kappa shape index (κ3) is 4.70. The molecule has 154 valence electrons. The number of hydrogen-bond donors (Lipinski definition) is 0. The van der Waals surface area contributed by atoms with Crippen LogP contribution in [-0.4, -0.2) is 29.8 Å². The average molecular weight is 432 g/mol. The highest BCUT2D eigenvalue weighted by Gasteiger charge is 2.25. The molecule has 0 spiro atoms. The summed E-state index contributed by atoms with van der Waals surface area (Å²) in [4.78, 5) is 14.9. The van der Waals surface area contributed by atoms with Gasteiger partial charge in [0, 0.05) is 17.1 Å². The maximum Gasteiger partial charge on any atom is 0.261 e. The SMILES string of the molecule is CCCCN(C(=O)C1=CCCC=C1Cl)c1nnc(-c2cc(C)c(OC)c(C)c2)s1. The molecular weight excluding hydrogens is 406 g/mol. The number of carbonyl (C=O) groups is 1. The molecule has 29 heavy (non-hydrogen) atoms. The molecule has 0 bridgehead atoms. The highest BCUT2D eigenvalue weighted by atomic mass is 35.5. The van der Waals surface area contributed by atoms with E-state index in [0.717, 1.165) is 53.1 Å². The maximum atomic E-state index is 13.2. The van der Waals surface area contributed by atoms with E-state index in [1.165, 1.54) is 11.3 Å². The minimum absolute atomic E-state index is 0.107. The number of allylic oxidation sites excluding steroid dienone is 2. The monoisotopic (exact) mass is 431 g/mol. The smallest absolute Gasteiger partial charge is 0.261 e. The molecule has 1 aromatic heterocycles. The molecule has 1 aromatic carbocycles. The number of anilines is 1. The van der Waals surface area contributed by atoms with Crippen LogP contribution < -0.4 is 9.64 Å². The number of aryl methyl sites for hydroxylation is 2. The molecule has 0 aliphatic heterocycles. The Kier molecular flexibility index (Phi) is 7.09. The number of nitrogens with zero attached hydrogens (tertiary/aromatic N) is 3. The van der Waals surface area contributed by atoms with Crippen molar-refractivity contribution in [3.05, 3.63) is 46.0 Å². The third-order valence-electron chi connectivity index (χ3n) is 4.86. The van der Waals surface area contributed by atoms with Crippen LogP contribution in [0.25, 0.3) is 10.6 Å². The molecular formula is C22H26ClN3O2S. The van der Waals surface area contributed by atoms with E-state index >= 15 is 0 Å². The lowest BCUT2D eigenvalue weighted by Crippen LogP contribution is -2.33. The number of benzene rings is 1. The molecule has 0 saturated heterocycles. The molecule has 3 rings (SSSR count). The Morgan fingerprint density at radius 2 is 1.90 bits per heavy atom. The van der Waals surface area contributed by atoms with Gasteiger partial charge in [-0.15, -0.1) is 10.2 Å². The summed E-state index contributed by atoms with van der Waals surface area (Å²) in [5, 5.41) is 10.6. The lowest BCUT2D eigenvalue weighted by molar-refractivity contribution is -0.114. The van der Waals surface area contributed by atoms with Gasteiger partial charge in [-0.3, -0.25) is 9.69 Å². The number of amides is 1. The van der Waals surface area contributed by atoms with Crippen LogP contribution in [0.1, 0.15) is 43.7 Å². The van der Waals surface area contributed by atoms with Crippen LogP contribution in [-0.2, 0) is 4.79 Å². The summed E-state index contributed by atoms with van der Waals surface area (Å²) < 4.78 is 5.45. The zero-order chi connectivity index (χ0) is 21.0. The minimum Gasteiger partial charge on any atom is -0.496 e. The number of hydrogen-bond acceptors (Lipinski definition) is 5. The van der Waals surface area contributed by atoms with Crippen LogP contribution in [0.4, 0.5) is 5.13 Å². The summed E-state index contributed by atoms with van der Waals surface area (Å²) in [6.07, 6.45) is 7.38. The van der Waals surface area contributed by atoms with Gasteiger partial charge >= 0.3 is 0 Å². The molecule has 0 N–H and O–H groups in total. The first-order valence-corrected chi connectivity index (χ1v) is 11.0. The molecule has 1 aliphatic carbocycles. The second-order valence-electron chi connectivity index (χ2n) is 7.09. The minimum atomic E-state index is -0.107. The van der Waals surface area contributed by atoms with Crippen LogP contribution in [0.2, 0.25) is 0 Å². The fourth-order valence-corrected chi connectivity index (χ4v) is 4.54. The van der Waals surface area contributed by atoms with E-state index in [2.05, 4.69) is 17.1 Å². The van der Waals surface area contributed by atoms with E-state index in [1.807, 2.05) is 38.1 Å². The van der Waals surface area contributed by atoms with E-state index < -0.39 is 0 Å². The molecule has 0 saturated carbocycles. The van der Waals surface area contributed by atoms with Gasteiger partial charge in [-0.25, -0.2) is 0 Å². The molecule has 2 aromatic rings. The molecule has 0 unspecified atom stereocenters. The number of ether oxygens (including phenoxy) is 1. The maximum absolute atomic E-state index is 13.2. The summed E-state index contributed by atoms with van der Waals surface area (Å²) in [5.41, 5.74) is 3.62. The van der Waals surface area contributed by atoms with Crippen molar-refractivity contribution >= 4 is 34.0 Å². The quantitative estimate of drug-likeness (QED) is 0.555. The third-order valence-corrected chi connectivity index (χ3v) is 6.22. The first-order chi connectivity index (χ1) is 14.0. The lowest BCUT2D eigenvalue weighted by atomic mass is 10.1. The van der Waals surface area contributed by atoms with Gasteiger partial charge in [0.05, 0.1) is 12.7 Å². The second kappa shape index (κ2) is 9.55. The van der Waals surface area contributed by atoms with Gasteiger partial charge in [-0.05, 0) is 56.4 Å². The van der Waals surface area contributed by atoms with Gasteiger partial charge in [-0.2, -0.15) is 0 Å². The second-order valence-corrected chi connectivity index (χ2v) is 8.45. The summed E-state index contributed by atoms with van der Waals surface area (Å²) in [7, 11) is 1.68. The Balaban J connectivity index is 1.93. The van der Waals surface area contributed by atoms with Crippen LogP contribution in [0, 0.1) is 13.8 Å². The van der Waals surface area contributed by atoms with Crippen LogP contribution in [0.3, 0.4) is 0 Å². The Morgan fingerprint density at radius 3 is 2.52 bits per heavy atom. The Morgan fingerprint density at radius 1 is 1.21 bits per heavy atom. The Bertz CT molecular complexity index is 942. The van der Waals surface area contributed by atoms with Crippen LogP contribution in [0.5, 0.6) is 5.75 Å². The van der Waals surface area contributed by atoms with Crippen molar-refractivity contribution < 1.29 is 9.53 Å². The summed E-state index contributed by atoms with van der Waals surface area (Å²) in [5.74, 6) is 0.771. The lowest BCUT2D eigenvalue weighted by Gasteiger charge is -2.21. The number of carbonyl (C=O) groups excluding carboxylic acids is 1. The van der Waals surface area contributed by atoms with Gasteiger partial charge in [0.25, 0.3) is 5.91 Å². The number of rotatable bonds is 7. The van der Waals surface area contributed by atoms with Gasteiger partial charge in [-0.1, -0.05) is 48.4 Å². The Labute approximate surface area is 181 Å². The average Bonchev–Trinajstić information content (AvgIpc) is 3.18. The van der Waals surface area contributed by atoms with Gasteiger partial charge in [0.1, 0.15) is 10.8 Å². The normalized spacial score (nSPS) is 13.7. The summed E-state index contributed by atoms with van der Waals surface area (Å²) >= 11 is 7.73. The van der Waals surface area contributed by atoms with Gasteiger partial charge in [0.2, 0.25) is 5.13 Å². The molecule has 1 amide bonds. The van der Waals surface area contributed by atoms with Crippen LogP contribution in [0.15, 0.2) is 34.9 Å². The van der Waals surface area contributed by atoms with E-state index in [9.17, 15) is 4.79 Å². The van der Waals surface area contributed by atoms with Crippen molar-refractivity contribution in [2.45, 2.75) is 46.5 Å². The first kappa shape index (κ1) is 21.5. The molecule has 7 heteroatoms. The Hall–Kier alpha value is -2.18. The molecule has 0 fully saturated rings. The fourth-order valence-electron chi connectivity index (χ4n) is 3.42. The zero-order valence-corrected chi connectivity index (χ0v) is 18.9. The molecule has 1 heterocycles. The number of methoxy groups -OCH3 is 1. The van der Waals surface area contributed by atoms with Crippen LogP contribution >= 0.6 is 22.9 Å². The predicted octanol–water partition coefficient (Wildman–Crippen LogP) is 5.81. The van der Waals surface area contributed by atoms with Crippen molar-refractivity contribution in [1.82, 2.24) is 10.2 Å². The van der Waals surface area contributed by atoms with Gasteiger partial charge < -0.3 is 4.74 Å². The molecule has 5 nitrogen and oxygen atoms in total. The predicted molar refractivity (Wildman–Crippen MR) is 120 cm³/mol. The zero-order valence-electron chi connectivity index (χ0n) is 17.3. The van der Waals surface area contributed by atoms with Gasteiger partial charge in [0.15, 0.2) is 0 Å². The van der Waals surface area contributed by atoms with Crippen molar-refractivity contribution in [2.75, 3.05) is 18.6 Å². The molecule has 0 atom stereocenters. The number of unbranched alkanes of at least 4 members (excludes halogenated alkanes) is 1. The topological polar surface area (TPSA) is 55.3 Å². The van der Waals surface area contributed by atoms with E-state index in [0.29, 0.717) is 22.3 Å². The summed E-state index contributed by atoms with van der Waals surface area (Å²) in [6, 6.07) is 4.08. The van der Waals surface area contributed by atoms with E-state index in [-0.39, 0.29) is 5.91 Å². The van der Waals surface area contributed by atoms with Crippen molar-refractivity contribution in [3.63, 3.8) is 0 Å². The highest BCUT2D eigenvalue weighted by molar-refractivity contribution is 7.18. The summed E-state index contributed by atoms with van der Waals surface area (Å²) in [6.45, 7) is 6.71. The first-order valence-electron chi connectivity index (χ1n) is 9.83. The highest BCUT2D eigenvalue weighted by Crippen LogP contribution is 2.35. The van der Waals surface area contributed by atoms with Crippen molar-refractivity contribution in [1.29, 1.82) is 0 Å².